The minimum absolute atomic E-state index is 0.0400. The van der Waals surface area contributed by atoms with Crippen molar-refractivity contribution in [2.45, 2.75) is 51.8 Å². The van der Waals surface area contributed by atoms with Crippen LogP contribution in [0, 0.1) is 5.92 Å². The van der Waals surface area contributed by atoms with Gasteiger partial charge in [0, 0.05) is 81.4 Å². The van der Waals surface area contributed by atoms with E-state index in [9.17, 15) is 28.8 Å². The number of nitrogens with zero attached hydrogens (tertiary/aromatic N) is 4. The number of likely N-dealkylation sites (N-methyl/N-ethyl adjacent to an activating group) is 1. The smallest absolute Gasteiger partial charge is 0.415 e. The van der Waals surface area contributed by atoms with Gasteiger partial charge in [0.15, 0.2) is 5.76 Å². The molecule has 4 aromatic carbocycles. The number of hydrogen-bond donors (Lipinski definition) is 6. The minimum Gasteiger partial charge on any atom is -0.492 e. The van der Waals surface area contributed by atoms with Crippen molar-refractivity contribution in [3.05, 3.63) is 95.7 Å². The highest BCUT2D eigenvalue weighted by molar-refractivity contribution is 6.10. The molecule has 1 saturated heterocycles. The third kappa shape index (κ3) is 13.3. The summed E-state index contributed by atoms with van der Waals surface area (Å²) in [5.74, 6) is 0.0116. The van der Waals surface area contributed by atoms with Gasteiger partial charge in [-0.2, -0.15) is 0 Å². The molecule has 20 nitrogen and oxygen atoms in total. The van der Waals surface area contributed by atoms with Crippen LogP contribution in [0.15, 0.2) is 83.3 Å². The molecule has 1 aromatic heterocycles. The Balaban J connectivity index is 0.913. The van der Waals surface area contributed by atoms with E-state index in [1.165, 1.54) is 9.80 Å². The number of ether oxygens (including phenoxy) is 3. The van der Waals surface area contributed by atoms with Gasteiger partial charge < -0.3 is 71.0 Å². The van der Waals surface area contributed by atoms with E-state index in [0.29, 0.717) is 73.1 Å². The largest absolute Gasteiger partial charge is 0.492 e. The van der Waals surface area contributed by atoms with Crippen molar-refractivity contribution in [2.24, 2.45) is 17.4 Å². The first-order chi connectivity index (χ1) is 34.2. The Hall–Kier alpha value is -7.42. The first kappa shape index (κ1) is 51.4. The molecular formula is C51H64N10O10. The van der Waals surface area contributed by atoms with Gasteiger partial charge in [-0.25, -0.2) is 14.4 Å². The number of benzene rings is 4. The van der Waals surface area contributed by atoms with Crippen LogP contribution in [-0.4, -0.2) is 142 Å². The summed E-state index contributed by atoms with van der Waals surface area (Å²) in [6.07, 6.45) is 0.0952. The molecule has 5 aromatic rings. The van der Waals surface area contributed by atoms with Crippen LogP contribution < -0.4 is 47.1 Å². The van der Waals surface area contributed by atoms with Crippen molar-refractivity contribution >= 4 is 69.1 Å². The molecule has 2 aliphatic rings. The fraction of sp³-hybridized carbons (Fsp3) is 0.412. The number of rotatable bonds is 20. The molecule has 8 N–H and O–H groups in total. The van der Waals surface area contributed by atoms with Crippen molar-refractivity contribution in [3.8, 4) is 11.5 Å². The van der Waals surface area contributed by atoms with E-state index in [1.54, 1.807) is 47.4 Å². The highest BCUT2D eigenvalue weighted by Gasteiger charge is 2.33. The maximum absolute atomic E-state index is 14.0. The summed E-state index contributed by atoms with van der Waals surface area (Å²) in [5.41, 5.74) is 14.1. The van der Waals surface area contributed by atoms with Gasteiger partial charge in [-0.1, -0.05) is 50.2 Å². The Morgan fingerprint density at radius 2 is 1.55 bits per heavy atom. The van der Waals surface area contributed by atoms with Crippen LogP contribution in [0.3, 0.4) is 0 Å². The van der Waals surface area contributed by atoms with Crippen LogP contribution in [-0.2, 0) is 27.4 Å². The van der Waals surface area contributed by atoms with Crippen molar-refractivity contribution in [1.82, 2.24) is 30.7 Å². The summed E-state index contributed by atoms with van der Waals surface area (Å²) in [6, 6.07) is 21.2. The average molecular weight is 977 g/mol. The molecule has 71 heavy (non-hydrogen) atoms. The third-order valence-electron chi connectivity index (χ3n) is 12.4. The van der Waals surface area contributed by atoms with Gasteiger partial charge in [-0.05, 0) is 92.2 Å². The van der Waals surface area contributed by atoms with Gasteiger partial charge in [0.2, 0.25) is 11.8 Å². The quantitative estimate of drug-likeness (QED) is 0.0583. The number of fused-ring (bicyclic) bond motifs is 4. The first-order valence-corrected chi connectivity index (χ1v) is 23.9. The highest BCUT2D eigenvalue weighted by atomic mass is 16.6. The molecule has 0 bridgehead atoms. The maximum atomic E-state index is 14.0. The molecule has 0 radical (unpaired) electrons. The van der Waals surface area contributed by atoms with Crippen LogP contribution in [0.5, 0.6) is 11.5 Å². The van der Waals surface area contributed by atoms with E-state index in [1.807, 2.05) is 69.2 Å². The van der Waals surface area contributed by atoms with Crippen LogP contribution in [0.2, 0.25) is 0 Å². The zero-order valence-corrected chi connectivity index (χ0v) is 40.7. The van der Waals surface area contributed by atoms with E-state index < -0.39 is 36.2 Å². The Morgan fingerprint density at radius 1 is 0.831 bits per heavy atom. The summed E-state index contributed by atoms with van der Waals surface area (Å²) < 4.78 is 23.6. The van der Waals surface area contributed by atoms with Crippen LogP contribution in [0.1, 0.15) is 48.4 Å². The molecular weight excluding hydrogens is 913 g/mol. The molecule has 0 saturated carbocycles. The topological polar surface area (TPSA) is 256 Å². The summed E-state index contributed by atoms with van der Waals surface area (Å²) in [5, 5.41) is 13.7. The Kier molecular flexibility index (Phi) is 17.3. The van der Waals surface area contributed by atoms with Crippen molar-refractivity contribution in [3.63, 3.8) is 0 Å². The monoisotopic (exact) mass is 976 g/mol. The molecule has 3 heterocycles. The Labute approximate surface area is 412 Å². The molecule has 0 spiro atoms. The highest BCUT2D eigenvalue weighted by Crippen LogP contribution is 2.41. The normalized spacial score (nSPS) is 14.3. The fourth-order valence-electron chi connectivity index (χ4n) is 8.53. The van der Waals surface area contributed by atoms with Crippen molar-refractivity contribution < 1.29 is 47.4 Å². The third-order valence-corrected chi connectivity index (χ3v) is 12.4. The molecule has 1 unspecified atom stereocenters. The molecule has 20 heteroatoms. The number of urea groups is 1. The molecule has 2 atom stereocenters. The molecule has 378 valence electrons. The van der Waals surface area contributed by atoms with Gasteiger partial charge >= 0.3 is 18.2 Å². The summed E-state index contributed by atoms with van der Waals surface area (Å²) in [6.45, 7) is 7.28. The van der Waals surface area contributed by atoms with Crippen molar-refractivity contribution in [2.75, 3.05) is 89.8 Å². The number of furan rings is 1. The molecule has 7 rings (SSSR count). The summed E-state index contributed by atoms with van der Waals surface area (Å²) in [7, 11) is 3.96. The van der Waals surface area contributed by atoms with E-state index in [-0.39, 0.29) is 69.2 Å². The summed E-state index contributed by atoms with van der Waals surface area (Å²) >= 11 is 0. The number of nitrogens with two attached hydrogens (primary N) is 2. The Morgan fingerprint density at radius 3 is 2.24 bits per heavy atom. The molecule has 7 amide bonds. The lowest BCUT2D eigenvalue weighted by molar-refractivity contribution is -0.128. The van der Waals surface area contributed by atoms with Crippen LogP contribution >= 0.6 is 0 Å². The zero-order valence-electron chi connectivity index (χ0n) is 40.7. The van der Waals surface area contributed by atoms with Gasteiger partial charge in [-0.3, -0.25) is 14.4 Å². The van der Waals surface area contributed by atoms with Gasteiger partial charge in [0.25, 0.3) is 5.91 Å². The van der Waals surface area contributed by atoms with Gasteiger partial charge in [0.1, 0.15) is 36.3 Å². The van der Waals surface area contributed by atoms with Crippen molar-refractivity contribution in [1.29, 1.82) is 0 Å². The summed E-state index contributed by atoms with van der Waals surface area (Å²) in [4.78, 5) is 85.5. The predicted octanol–water partition coefficient (Wildman–Crippen LogP) is 4.63. The number of hydrogen-bond acceptors (Lipinski definition) is 13. The molecule has 1 fully saturated rings. The second kappa shape index (κ2) is 23.9. The number of carbonyl (C=O) groups excluding carboxylic acids is 6. The van der Waals surface area contributed by atoms with Crippen LogP contribution in [0.25, 0.3) is 21.7 Å². The molecule has 0 aliphatic carbocycles. The number of primary amides is 1. The van der Waals surface area contributed by atoms with E-state index in [4.69, 9.17) is 30.1 Å². The lowest BCUT2D eigenvalue weighted by Gasteiger charge is -2.33. The standard InChI is InChI=1S/C51H64N10O10/c1-32(2)45(54-20-18-52)47(63)57-40(10-7-19-55-49(53)65)46(62)56-35-13-11-33(12-14-35)31-69-50(66)59-22-24-60(25-23-59)51(67)71-43-30-41-38(37-8-5-6-9-39(37)43)17-21-61(41)48(64)44-29-34-28-36(15-16-42(34)70-44)68-27-26-58(3)4/h5-6,8-9,11-16,28-30,32,40,45,54H,7,10,17-27,31,52H2,1-4H3,(H,56,62)(H,57,63)(H3,53,55,65)/t40-,45?/m0/s1. The number of nitrogens with one attached hydrogen (secondary N) is 4. The second-order valence-corrected chi connectivity index (χ2v) is 18.1. The van der Waals surface area contributed by atoms with E-state index in [2.05, 4.69) is 21.3 Å². The fourth-order valence-corrected chi connectivity index (χ4v) is 8.53. The number of amides is 7. The lowest BCUT2D eigenvalue weighted by Crippen LogP contribution is -2.54. The van der Waals surface area contributed by atoms with Gasteiger partial charge in [-0.15, -0.1) is 0 Å². The second-order valence-electron chi connectivity index (χ2n) is 18.1. The van der Waals surface area contributed by atoms with Crippen LogP contribution in [0.4, 0.5) is 25.8 Å². The SMILES string of the molecule is CC(C)C(NCCN)C(=O)N[C@@H](CCCNC(N)=O)C(=O)Nc1ccc(COC(=O)N2CCN(C(=O)Oc3cc4c(c5ccccc35)CCN4C(=O)c3cc4cc(OCCN(C)C)ccc4o3)CC2)cc1. The van der Waals surface area contributed by atoms with E-state index >= 15 is 0 Å². The Bertz CT molecular complexity index is 2700. The van der Waals surface area contributed by atoms with E-state index in [0.717, 1.165) is 28.3 Å². The van der Waals surface area contributed by atoms with Gasteiger partial charge in [0.05, 0.1) is 11.7 Å². The zero-order chi connectivity index (χ0) is 50.6. The number of carbonyl (C=O) groups is 6. The number of anilines is 2. The minimum atomic E-state index is -0.910. The number of piperazine rings is 1. The average Bonchev–Trinajstić information content (AvgIpc) is 3.99. The lowest BCUT2D eigenvalue weighted by atomic mass is 10.0. The first-order valence-electron chi connectivity index (χ1n) is 23.9. The molecule has 2 aliphatic heterocycles. The predicted molar refractivity (Wildman–Crippen MR) is 268 cm³/mol. The maximum Gasteiger partial charge on any atom is 0.415 e.